The number of carboxylic acid groups (broad SMARTS) is 1. The predicted octanol–water partition coefficient (Wildman–Crippen LogP) is 3.32. The van der Waals surface area contributed by atoms with Gasteiger partial charge in [-0.05, 0) is 107 Å². The van der Waals surface area contributed by atoms with Crippen LogP contribution in [0.1, 0.15) is 151 Å². The molecular formula is C65H99N5O21. The van der Waals surface area contributed by atoms with Crippen LogP contribution in [0, 0.1) is 35.5 Å². The molecule has 1 aromatic heterocycles. The van der Waals surface area contributed by atoms with E-state index >= 15 is 0 Å². The molecule has 510 valence electrons. The number of ketones is 3. The monoisotopic (exact) mass is 1290 g/mol. The van der Waals surface area contributed by atoms with Crippen LogP contribution in [0.25, 0.3) is 0 Å². The summed E-state index contributed by atoms with van der Waals surface area (Å²) in [7, 11) is 4.44. The van der Waals surface area contributed by atoms with Gasteiger partial charge in [-0.15, -0.1) is 5.10 Å². The van der Waals surface area contributed by atoms with Gasteiger partial charge in [-0.1, -0.05) is 76.3 Å². The smallest absolute Gasteiger partial charge is 0.364 e. The molecule has 1 aromatic rings. The fourth-order valence-electron chi connectivity index (χ4n) is 13.4. The van der Waals surface area contributed by atoms with Gasteiger partial charge in [0.1, 0.15) is 54.1 Å². The minimum absolute atomic E-state index is 0.0102. The summed E-state index contributed by atoms with van der Waals surface area (Å²) in [4.78, 5) is 98.1. The maximum Gasteiger partial charge on any atom is 0.364 e. The molecule has 0 aromatic carbocycles. The molecule has 5 aliphatic rings. The molecule has 4 aliphatic heterocycles. The van der Waals surface area contributed by atoms with Gasteiger partial charge in [0, 0.05) is 71.8 Å². The van der Waals surface area contributed by atoms with Gasteiger partial charge >= 0.3 is 11.9 Å². The summed E-state index contributed by atoms with van der Waals surface area (Å²) < 4.78 is 43.2. The topological polar surface area (TPSA) is 372 Å². The van der Waals surface area contributed by atoms with Crippen molar-refractivity contribution in [1.29, 1.82) is 0 Å². The van der Waals surface area contributed by atoms with Crippen molar-refractivity contribution < 1.29 is 102 Å². The van der Waals surface area contributed by atoms with E-state index < -0.39 is 164 Å². The number of carboxylic acids is 1. The van der Waals surface area contributed by atoms with Crippen molar-refractivity contribution in [3.8, 4) is 0 Å². The molecule has 3 saturated heterocycles. The molecule has 21 atom stereocenters. The number of nitrogens with zero attached hydrogens (tertiary/aromatic N) is 4. The number of aliphatic hydroxyl groups is 6. The van der Waals surface area contributed by atoms with Crippen molar-refractivity contribution in [2.75, 3.05) is 34.5 Å². The number of aromatic nitrogens is 3. The maximum absolute atomic E-state index is 14.8. The van der Waals surface area contributed by atoms with E-state index in [0.717, 1.165) is 17.4 Å². The van der Waals surface area contributed by atoms with E-state index in [2.05, 4.69) is 15.6 Å². The first-order chi connectivity index (χ1) is 43.0. The third kappa shape index (κ3) is 18.7. The van der Waals surface area contributed by atoms with Gasteiger partial charge in [0.25, 0.3) is 17.5 Å². The number of cyclic esters (lactones) is 1. The average molecular weight is 1290 g/mol. The number of esters is 1. The summed E-state index contributed by atoms with van der Waals surface area (Å²) in [6.45, 7) is 12.1. The number of hydrogen-bond acceptors (Lipinski definition) is 22. The Kier molecular flexibility index (Phi) is 27.5. The van der Waals surface area contributed by atoms with Crippen molar-refractivity contribution >= 4 is 41.1 Å². The number of fused-ring (bicyclic) bond motifs is 3. The van der Waals surface area contributed by atoms with Gasteiger partial charge in [-0.2, -0.15) is 0 Å². The van der Waals surface area contributed by atoms with Crippen LogP contribution in [0.4, 0.5) is 0 Å². The maximum atomic E-state index is 14.8. The van der Waals surface area contributed by atoms with Gasteiger partial charge in [0.2, 0.25) is 11.7 Å². The molecule has 0 spiro atoms. The summed E-state index contributed by atoms with van der Waals surface area (Å²) in [6, 6.07) is -3.04. The van der Waals surface area contributed by atoms with Crippen molar-refractivity contribution in [3.63, 3.8) is 0 Å². The number of rotatable bonds is 15. The number of carbonyl (C=O) groups is 7. The Morgan fingerprint density at radius 3 is 2.27 bits per heavy atom. The Balaban J connectivity index is 1.24. The minimum Gasteiger partial charge on any atom is -0.477 e. The van der Waals surface area contributed by atoms with Gasteiger partial charge in [-0.25, -0.2) is 14.3 Å². The molecule has 4 fully saturated rings. The minimum atomic E-state index is -2.61. The lowest BCUT2D eigenvalue weighted by molar-refractivity contribution is -0.315. The largest absolute Gasteiger partial charge is 0.477 e. The fourth-order valence-corrected chi connectivity index (χ4v) is 13.4. The standard InChI is InChI=1S/C65H99N5O21/c1-35-17-13-12-14-18-36(2)51(85-9)29-45-22-20-41(7)65(84,90-45)60(79)61(80)69-24-16-15-19-47(69)62(81)89-52(30-48(73)37(3)26-40(6)56(77)59(87-11)55(76)39(5)25-35)38(4)27-43-21-23-46(53(28-43)86-10)70-32-44(67-68-70)34-88-64(63(82)83)31-49(74)54(66-42(8)72)58(91-64)57(78)50(75)33-71/h12-14,17-18,26,32,35,37-39,41,43,45-47,49-54,56-59,71,74-75,77-78,84H,15-16,19-25,27-31,33-34H2,1-11H3,(H,66,72)(H,82,83)/b14-12+,17-13+,36-18+,40-26+/t35-,37-,38-,39-,41-,43+,45+,46+,47+,49+,50-,51?,52+,53-,54-,56-,57-,58-,59?,64-,65-/m1/s1. The van der Waals surface area contributed by atoms with Crippen LogP contribution in [0.15, 0.2) is 53.8 Å². The zero-order chi connectivity index (χ0) is 67.2. The van der Waals surface area contributed by atoms with E-state index in [4.69, 9.17) is 33.2 Å². The highest BCUT2D eigenvalue weighted by atomic mass is 16.7. The third-order valence-corrected chi connectivity index (χ3v) is 19.0. The number of Topliss-reactive ketones (excluding diaryl/α,β-unsaturated/α-hetero) is 3. The molecule has 26 heteroatoms. The van der Waals surface area contributed by atoms with E-state index in [1.807, 2.05) is 51.2 Å². The molecule has 1 aliphatic carbocycles. The molecule has 8 N–H and O–H groups in total. The van der Waals surface area contributed by atoms with E-state index in [0.29, 0.717) is 63.4 Å². The summed E-state index contributed by atoms with van der Waals surface area (Å²) in [5.41, 5.74) is 1.31. The second-order valence-corrected chi connectivity index (χ2v) is 25.9. The number of methoxy groups -OCH3 is 3. The van der Waals surface area contributed by atoms with Crippen LogP contribution in [0.2, 0.25) is 0 Å². The Labute approximate surface area is 532 Å². The fraction of sp³-hybridized carbons (Fsp3) is 0.738. The summed E-state index contributed by atoms with van der Waals surface area (Å²) in [5, 5.41) is 86.8. The van der Waals surface area contributed by atoms with Gasteiger partial charge in [0.15, 0.2) is 5.78 Å². The second-order valence-electron chi connectivity index (χ2n) is 25.9. The lowest BCUT2D eigenvalue weighted by Gasteiger charge is -2.46. The van der Waals surface area contributed by atoms with Crippen molar-refractivity contribution in [1.82, 2.24) is 25.2 Å². The third-order valence-electron chi connectivity index (χ3n) is 19.0. The number of aliphatic hydroxyl groups excluding tert-OH is 5. The number of allylic oxidation sites excluding steroid dienone is 6. The van der Waals surface area contributed by atoms with Crippen molar-refractivity contribution in [2.24, 2.45) is 35.5 Å². The van der Waals surface area contributed by atoms with Crippen molar-refractivity contribution in [2.45, 2.75) is 236 Å². The quantitative estimate of drug-likeness (QED) is 0.0709. The molecule has 2 bridgehead atoms. The summed E-state index contributed by atoms with van der Waals surface area (Å²) >= 11 is 0. The zero-order valence-corrected chi connectivity index (χ0v) is 54.5. The molecule has 2 unspecified atom stereocenters. The normalized spacial score (nSPS) is 38.0. The predicted molar refractivity (Wildman–Crippen MR) is 326 cm³/mol. The van der Waals surface area contributed by atoms with Crippen molar-refractivity contribution in [3.05, 3.63) is 59.5 Å². The second kappa shape index (κ2) is 33.6. The number of hydrogen-bond donors (Lipinski definition) is 8. The van der Waals surface area contributed by atoms with E-state index in [1.54, 1.807) is 45.6 Å². The average Bonchev–Trinajstić information content (AvgIpc) is 1.34. The lowest BCUT2D eigenvalue weighted by Crippen LogP contribution is -2.67. The summed E-state index contributed by atoms with van der Waals surface area (Å²) in [5.74, 6) is -14.0. The lowest BCUT2D eigenvalue weighted by atomic mass is 9.77. The first kappa shape index (κ1) is 74.5. The van der Waals surface area contributed by atoms with Gasteiger partial charge < -0.3 is 79.1 Å². The number of carbonyl (C=O) groups excluding carboxylic acids is 6. The molecule has 26 nitrogen and oxygen atoms in total. The molecule has 5 heterocycles. The van der Waals surface area contributed by atoms with Crippen LogP contribution >= 0.6 is 0 Å². The number of piperidine rings is 1. The number of aliphatic carboxylic acids is 1. The first-order valence-electron chi connectivity index (χ1n) is 31.9. The number of ether oxygens (including phenoxy) is 7. The van der Waals surface area contributed by atoms with Crippen LogP contribution < -0.4 is 5.32 Å². The Morgan fingerprint density at radius 2 is 1.62 bits per heavy atom. The van der Waals surface area contributed by atoms with Crippen LogP contribution in [-0.2, 0) is 73.3 Å². The molecule has 2 amide bonds. The SMILES string of the molecule is COC1C[C@@H]2CC[C@@H](C)[C@@](O)(O2)C(=O)C(=O)N2CCCC[C@H]2C(=O)O[C@H]([C@H](C)C[C@@H]2CC[C@H](n3cc(CO[C@]4(C(=O)O)C[C@H](O)[C@@H](NC(C)=O)[C@H]([C@H](O)[C@H](O)CO)O4)nn3)[C@H](OC)C2)CC(=O)[C@H](C)/C=C(\C)[C@@H](O)C(OC)C(=O)[C@H](C)C[C@H](C)/C=C/C=C/C=C/1C. The highest BCUT2D eigenvalue weighted by Crippen LogP contribution is 2.41. The molecule has 1 saturated carbocycles. The Bertz CT molecular complexity index is 2790. The zero-order valence-electron chi connectivity index (χ0n) is 54.5. The van der Waals surface area contributed by atoms with Gasteiger partial charge in [0.05, 0.1) is 55.9 Å². The molecule has 91 heavy (non-hydrogen) atoms. The molecule has 6 rings (SSSR count). The van der Waals surface area contributed by atoms with E-state index in [1.165, 1.54) is 20.4 Å². The van der Waals surface area contributed by atoms with Crippen LogP contribution in [0.5, 0.6) is 0 Å². The Hall–Kier alpha value is -5.49. The van der Waals surface area contributed by atoms with E-state index in [9.17, 15) is 69.3 Å². The van der Waals surface area contributed by atoms with E-state index in [-0.39, 0.29) is 54.9 Å². The number of nitrogens with one attached hydrogen (secondary N) is 1. The highest BCUT2D eigenvalue weighted by molar-refractivity contribution is 6.39. The van der Waals surface area contributed by atoms with Crippen LogP contribution in [0.3, 0.4) is 0 Å². The molecular weight excluding hydrogens is 1190 g/mol. The first-order valence-corrected chi connectivity index (χ1v) is 31.9. The highest BCUT2D eigenvalue weighted by Gasteiger charge is 2.57. The van der Waals surface area contributed by atoms with Gasteiger partial charge in [-0.3, -0.25) is 24.0 Å². The number of amides is 2. The van der Waals surface area contributed by atoms with Crippen LogP contribution in [-0.4, -0.2) is 216 Å². The Morgan fingerprint density at radius 1 is 0.890 bits per heavy atom. The summed E-state index contributed by atoms with van der Waals surface area (Å²) in [6.07, 6.45) is 3.62. The molecule has 0 radical (unpaired) electrons.